The van der Waals surface area contributed by atoms with Crippen LogP contribution in [0.3, 0.4) is 0 Å². The molecule has 1 aliphatic heterocycles. The molecule has 5 rings (SSSR count). The Hall–Kier alpha value is -3.15. The first-order valence-electron chi connectivity index (χ1n) is 10.2. The van der Waals surface area contributed by atoms with Crippen molar-refractivity contribution in [3.8, 4) is 0 Å². The lowest BCUT2D eigenvalue weighted by Crippen LogP contribution is -2.26. The minimum absolute atomic E-state index is 0.0475. The van der Waals surface area contributed by atoms with Crippen molar-refractivity contribution in [2.45, 2.75) is 13.3 Å². The molecule has 1 N–H and O–H groups in total. The van der Waals surface area contributed by atoms with Gasteiger partial charge in [-0.3, -0.25) is 9.78 Å². The summed E-state index contributed by atoms with van der Waals surface area (Å²) in [5.41, 5.74) is 3.91. The molecule has 1 amide bonds. The van der Waals surface area contributed by atoms with Gasteiger partial charge < -0.3 is 14.6 Å². The number of oxazole rings is 1. The fourth-order valence-electron chi connectivity index (χ4n) is 4.64. The van der Waals surface area contributed by atoms with Gasteiger partial charge in [0.05, 0.1) is 5.69 Å². The SMILES string of the molecule is Cc1nc2cccc(N3C[C@@H]4[C@@H](CCNC(=O)/C=C/c5cccnc5)[C@@H]4C3)c2o1. The van der Waals surface area contributed by atoms with E-state index < -0.39 is 0 Å². The maximum atomic E-state index is 12.0. The molecule has 0 bridgehead atoms. The molecular weight excluding hydrogens is 364 g/mol. The summed E-state index contributed by atoms with van der Waals surface area (Å²) in [6.45, 7) is 4.73. The minimum atomic E-state index is -0.0475. The zero-order valence-electron chi connectivity index (χ0n) is 16.4. The standard InChI is InChI=1S/C23H24N4O2/c1-15-26-20-5-2-6-21(23(20)29-15)27-13-18-17(19(18)14-27)9-11-25-22(28)8-7-16-4-3-10-24-12-16/h2-8,10,12,17-19H,9,11,13-14H2,1H3,(H,25,28)/b8-7+/t17-,18-,19+. The van der Waals surface area contributed by atoms with Crippen LogP contribution in [0.4, 0.5) is 5.69 Å². The third-order valence-corrected chi connectivity index (χ3v) is 6.10. The summed E-state index contributed by atoms with van der Waals surface area (Å²) >= 11 is 0. The Labute approximate surface area is 169 Å². The zero-order valence-corrected chi connectivity index (χ0v) is 16.4. The predicted octanol–water partition coefficient (Wildman–Crippen LogP) is 3.43. The number of benzene rings is 1. The number of anilines is 1. The fraction of sp³-hybridized carbons (Fsp3) is 0.348. The highest BCUT2D eigenvalue weighted by Crippen LogP contribution is 2.54. The first-order chi connectivity index (χ1) is 14.2. The number of rotatable bonds is 6. The van der Waals surface area contributed by atoms with Gasteiger partial charge in [-0.05, 0) is 54.0 Å². The van der Waals surface area contributed by atoms with Crippen molar-refractivity contribution in [2.75, 3.05) is 24.5 Å². The number of para-hydroxylation sites is 1. The molecule has 6 nitrogen and oxygen atoms in total. The highest BCUT2D eigenvalue weighted by molar-refractivity contribution is 5.91. The van der Waals surface area contributed by atoms with Crippen molar-refractivity contribution < 1.29 is 9.21 Å². The third-order valence-electron chi connectivity index (χ3n) is 6.10. The van der Waals surface area contributed by atoms with Crippen LogP contribution in [0.2, 0.25) is 0 Å². The minimum Gasteiger partial charge on any atom is -0.439 e. The number of aryl methyl sites for hydroxylation is 1. The van der Waals surface area contributed by atoms with E-state index in [-0.39, 0.29) is 5.91 Å². The van der Waals surface area contributed by atoms with Crippen LogP contribution in [-0.2, 0) is 4.79 Å². The Morgan fingerprint density at radius 1 is 1.28 bits per heavy atom. The Bertz CT molecular complexity index is 1050. The van der Waals surface area contributed by atoms with Crippen LogP contribution in [0.1, 0.15) is 17.9 Å². The fourth-order valence-corrected chi connectivity index (χ4v) is 4.64. The number of pyridine rings is 1. The van der Waals surface area contributed by atoms with E-state index in [4.69, 9.17) is 4.42 Å². The quantitative estimate of drug-likeness (QED) is 0.655. The van der Waals surface area contributed by atoms with Crippen molar-refractivity contribution in [3.63, 3.8) is 0 Å². The van der Waals surface area contributed by atoms with Crippen molar-refractivity contribution in [3.05, 3.63) is 60.3 Å². The summed E-state index contributed by atoms with van der Waals surface area (Å²) in [7, 11) is 0. The van der Waals surface area contributed by atoms with Gasteiger partial charge in [0.2, 0.25) is 5.91 Å². The molecule has 3 heterocycles. The van der Waals surface area contributed by atoms with E-state index in [1.165, 1.54) is 0 Å². The molecule has 0 spiro atoms. The summed E-state index contributed by atoms with van der Waals surface area (Å²) in [4.78, 5) is 22.9. The number of amides is 1. The first-order valence-corrected chi connectivity index (χ1v) is 10.2. The van der Waals surface area contributed by atoms with Gasteiger partial charge in [0.25, 0.3) is 0 Å². The van der Waals surface area contributed by atoms with Gasteiger partial charge >= 0.3 is 0 Å². The normalized spacial score (nSPS) is 22.9. The summed E-state index contributed by atoms with van der Waals surface area (Å²) in [6.07, 6.45) is 7.87. The van der Waals surface area contributed by atoms with Crippen LogP contribution >= 0.6 is 0 Å². The van der Waals surface area contributed by atoms with Gasteiger partial charge in [-0.2, -0.15) is 0 Å². The molecule has 29 heavy (non-hydrogen) atoms. The second kappa shape index (κ2) is 7.35. The van der Waals surface area contributed by atoms with Crippen molar-refractivity contribution in [2.24, 2.45) is 17.8 Å². The molecule has 0 radical (unpaired) electrons. The van der Waals surface area contributed by atoms with Crippen LogP contribution in [0.5, 0.6) is 0 Å². The molecule has 1 aromatic carbocycles. The van der Waals surface area contributed by atoms with Crippen molar-refractivity contribution in [1.29, 1.82) is 0 Å². The van der Waals surface area contributed by atoms with Gasteiger partial charge in [-0.15, -0.1) is 0 Å². The monoisotopic (exact) mass is 388 g/mol. The Balaban J connectivity index is 1.10. The van der Waals surface area contributed by atoms with E-state index in [1.807, 2.05) is 25.1 Å². The van der Waals surface area contributed by atoms with E-state index >= 15 is 0 Å². The molecule has 1 saturated heterocycles. The maximum Gasteiger partial charge on any atom is 0.244 e. The number of aromatic nitrogens is 2. The van der Waals surface area contributed by atoms with Crippen molar-refractivity contribution in [1.82, 2.24) is 15.3 Å². The third kappa shape index (κ3) is 3.62. The van der Waals surface area contributed by atoms with Crippen LogP contribution in [0, 0.1) is 24.7 Å². The van der Waals surface area contributed by atoms with Gasteiger partial charge in [-0.25, -0.2) is 4.98 Å². The van der Waals surface area contributed by atoms with Crippen LogP contribution in [-0.4, -0.2) is 35.5 Å². The van der Waals surface area contributed by atoms with Gasteiger partial charge in [-0.1, -0.05) is 12.1 Å². The van der Waals surface area contributed by atoms with E-state index in [0.717, 1.165) is 60.2 Å². The average molecular weight is 388 g/mol. The number of carbonyl (C=O) groups is 1. The second-order valence-corrected chi connectivity index (χ2v) is 7.95. The van der Waals surface area contributed by atoms with E-state index in [1.54, 1.807) is 24.5 Å². The molecule has 2 aliphatic rings. The molecule has 2 fully saturated rings. The first kappa shape index (κ1) is 17.9. The molecule has 2 aromatic heterocycles. The highest BCUT2D eigenvalue weighted by atomic mass is 16.3. The van der Waals surface area contributed by atoms with Crippen LogP contribution in [0.15, 0.2) is 53.2 Å². The molecule has 1 aliphatic carbocycles. The van der Waals surface area contributed by atoms with Gasteiger partial charge in [0, 0.05) is 45.0 Å². The lowest BCUT2D eigenvalue weighted by molar-refractivity contribution is -0.116. The number of nitrogens with zero attached hydrogens (tertiary/aromatic N) is 3. The summed E-state index contributed by atoms with van der Waals surface area (Å²) in [5.74, 6) is 2.82. The van der Waals surface area contributed by atoms with Crippen molar-refractivity contribution >= 4 is 28.8 Å². The molecule has 3 aromatic rings. The average Bonchev–Trinajstić information content (AvgIpc) is 3.07. The van der Waals surface area contributed by atoms with E-state index in [9.17, 15) is 4.79 Å². The number of carbonyl (C=O) groups excluding carboxylic acids is 1. The number of nitrogens with one attached hydrogen (secondary N) is 1. The van der Waals surface area contributed by atoms with E-state index in [0.29, 0.717) is 11.8 Å². The Morgan fingerprint density at radius 3 is 2.93 bits per heavy atom. The number of fused-ring (bicyclic) bond motifs is 2. The van der Waals surface area contributed by atoms with Crippen LogP contribution < -0.4 is 10.2 Å². The topological polar surface area (TPSA) is 71.3 Å². The van der Waals surface area contributed by atoms with Gasteiger partial charge in [0.15, 0.2) is 11.5 Å². The summed E-state index contributed by atoms with van der Waals surface area (Å²) in [6, 6.07) is 9.96. The molecule has 1 saturated carbocycles. The molecule has 6 heteroatoms. The van der Waals surface area contributed by atoms with Gasteiger partial charge in [0.1, 0.15) is 5.52 Å². The number of hydrogen-bond acceptors (Lipinski definition) is 5. The number of hydrogen-bond donors (Lipinski definition) is 1. The highest BCUT2D eigenvalue weighted by Gasteiger charge is 2.55. The second-order valence-electron chi connectivity index (χ2n) is 7.95. The zero-order chi connectivity index (χ0) is 19.8. The lowest BCUT2D eigenvalue weighted by Gasteiger charge is -2.22. The predicted molar refractivity (Wildman–Crippen MR) is 112 cm³/mol. The van der Waals surface area contributed by atoms with E-state index in [2.05, 4.69) is 32.3 Å². The smallest absolute Gasteiger partial charge is 0.244 e. The summed E-state index contributed by atoms with van der Waals surface area (Å²) < 4.78 is 5.82. The summed E-state index contributed by atoms with van der Waals surface area (Å²) in [5, 5.41) is 3.00. The maximum absolute atomic E-state index is 12.0. The molecule has 148 valence electrons. The number of piperidine rings is 1. The Kier molecular flexibility index (Phi) is 4.54. The molecule has 0 unspecified atom stereocenters. The molecular formula is C23H24N4O2. The Morgan fingerprint density at radius 2 is 2.14 bits per heavy atom. The lowest BCUT2D eigenvalue weighted by atomic mass is 10.1. The largest absolute Gasteiger partial charge is 0.439 e. The molecule has 3 atom stereocenters. The van der Waals surface area contributed by atoms with Crippen LogP contribution in [0.25, 0.3) is 17.2 Å².